The number of piperidine rings is 1. The van der Waals surface area contributed by atoms with Gasteiger partial charge in [0.1, 0.15) is 11.2 Å². The van der Waals surface area contributed by atoms with Crippen LogP contribution >= 0.6 is 0 Å². The third-order valence-electron chi connectivity index (χ3n) is 4.24. The van der Waals surface area contributed by atoms with Crippen molar-refractivity contribution in [3.63, 3.8) is 0 Å². The molecule has 6 nitrogen and oxygen atoms in total. The molecular formula is C17H20F3NO5. The number of carboxylic acid groups (broad SMARTS) is 1. The highest BCUT2D eigenvalue weighted by Gasteiger charge is 2.44. The number of amides is 1. The molecule has 1 aromatic rings. The maximum atomic E-state index is 12.6. The summed E-state index contributed by atoms with van der Waals surface area (Å²) in [6, 6.07) is 5.29. The van der Waals surface area contributed by atoms with Crippen LogP contribution in [0.2, 0.25) is 0 Å². The fraction of sp³-hybridized carbons (Fsp3) is 0.529. The van der Waals surface area contributed by atoms with Crippen LogP contribution in [0.1, 0.15) is 23.2 Å². The zero-order valence-electron chi connectivity index (χ0n) is 14.2. The Balaban J connectivity index is 2.07. The number of alkyl halides is 3. The largest absolute Gasteiger partial charge is 0.484 e. The Bertz CT molecular complexity index is 643. The topological polar surface area (TPSA) is 76.1 Å². The van der Waals surface area contributed by atoms with Gasteiger partial charge in [-0.15, -0.1) is 0 Å². The molecule has 1 N–H and O–H groups in total. The summed E-state index contributed by atoms with van der Waals surface area (Å²) >= 11 is 0. The number of benzene rings is 1. The lowest BCUT2D eigenvalue weighted by Crippen LogP contribution is -2.52. The maximum absolute atomic E-state index is 12.6. The second-order valence-electron chi connectivity index (χ2n) is 6.28. The highest BCUT2D eigenvalue weighted by atomic mass is 19.4. The van der Waals surface area contributed by atoms with Gasteiger partial charge in [0.05, 0.1) is 6.61 Å². The molecule has 0 aliphatic carbocycles. The number of methoxy groups -OCH3 is 1. The highest BCUT2D eigenvalue weighted by Crippen LogP contribution is 2.31. The first-order valence-electron chi connectivity index (χ1n) is 7.98. The van der Waals surface area contributed by atoms with Gasteiger partial charge in [-0.1, -0.05) is 0 Å². The molecule has 26 heavy (non-hydrogen) atoms. The molecule has 1 heterocycles. The molecule has 0 radical (unpaired) electrons. The molecule has 1 aliphatic heterocycles. The number of carbonyl (C=O) groups is 2. The van der Waals surface area contributed by atoms with Crippen molar-refractivity contribution in [3.8, 4) is 5.75 Å². The number of halogens is 3. The van der Waals surface area contributed by atoms with Gasteiger partial charge in [-0.2, -0.15) is 13.2 Å². The van der Waals surface area contributed by atoms with Gasteiger partial charge in [-0.3, -0.25) is 9.59 Å². The SMILES string of the molecule is COCC1(C(=O)O)CCCN(C(=O)c2ccc(OCC(F)(F)F)cc2)C1. The smallest absolute Gasteiger partial charge is 0.422 e. The Hall–Kier alpha value is -2.29. The zero-order valence-corrected chi connectivity index (χ0v) is 14.2. The van der Waals surface area contributed by atoms with E-state index in [1.165, 1.54) is 36.3 Å². The lowest BCUT2D eigenvalue weighted by molar-refractivity contribution is -0.156. The molecule has 1 aliphatic rings. The maximum Gasteiger partial charge on any atom is 0.422 e. The van der Waals surface area contributed by atoms with Gasteiger partial charge >= 0.3 is 12.1 Å². The van der Waals surface area contributed by atoms with E-state index in [1.54, 1.807) is 0 Å². The van der Waals surface area contributed by atoms with E-state index in [0.29, 0.717) is 19.4 Å². The van der Waals surface area contributed by atoms with Crippen molar-refractivity contribution >= 4 is 11.9 Å². The van der Waals surface area contributed by atoms with Crippen LogP contribution in [-0.2, 0) is 9.53 Å². The van der Waals surface area contributed by atoms with Gasteiger partial charge in [-0.25, -0.2) is 0 Å². The van der Waals surface area contributed by atoms with E-state index in [4.69, 9.17) is 4.74 Å². The molecule has 1 atom stereocenters. The predicted octanol–water partition coefficient (Wildman–Crippen LogP) is 2.58. The van der Waals surface area contributed by atoms with Crippen molar-refractivity contribution in [2.24, 2.45) is 5.41 Å². The van der Waals surface area contributed by atoms with Crippen molar-refractivity contribution in [1.29, 1.82) is 0 Å². The molecule has 1 fully saturated rings. The Morgan fingerprint density at radius 3 is 2.46 bits per heavy atom. The lowest BCUT2D eigenvalue weighted by atomic mass is 9.80. The number of hydrogen-bond donors (Lipinski definition) is 1. The molecule has 9 heteroatoms. The van der Waals surface area contributed by atoms with Crippen molar-refractivity contribution in [1.82, 2.24) is 4.90 Å². The van der Waals surface area contributed by atoms with Crippen LogP contribution in [-0.4, -0.2) is 61.5 Å². The zero-order chi connectivity index (χ0) is 19.4. The second kappa shape index (κ2) is 7.94. The monoisotopic (exact) mass is 375 g/mol. The summed E-state index contributed by atoms with van der Waals surface area (Å²) < 4.78 is 46.1. The number of carbonyl (C=O) groups excluding carboxylic acids is 1. The first-order valence-corrected chi connectivity index (χ1v) is 7.98. The van der Waals surface area contributed by atoms with Crippen LogP contribution in [0.4, 0.5) is 13.2 Å². The summed E-state index contributed by atoms with van der Waals surface area (Å²) in [5.41, 5.74) is -0.902. The quantitative estimate of drug-likeness (QED) is 0.827. The number of aliphatic carboxylic acids is 1. The normalized spacial score (nSPS) is 20.7. The van der Waals surface area contributed by atoms with Crippen molar-refractivity contribution in [2.45, 2.75) is 19.0 Å². The molecule has 144 valence electrons. The van der Waals surface area contributed by atoms with Crippen LogP contribution in [0, 0.1) is 5.41 Å². The summed E-state index contributed by atoms with van der Waals surface area (Å²) in [5.74, 6) is -1.40. The Morgan fingerprint density at radius 2 is 1.92 bits per heavy atom. The fourth-order valence-corrected chi connectivity index (χ4v) is 2.98. The van der Waals surface area contributed by atoms with E-state index in [9.17, 15) is 27.9 Å². The van der Waals surface area contributed by atoms with Gasteiger partial charge in [0.2, 0.25) is 0 Å². The summed E-state index contributed by atoms with van der Waals surface area (Å²) in [6.07, 6.45) is -3.51. The van der Waals surface area contributed by atoms with Gasteiger partial charge in [0.25, 0.3) is 5.91 Å². The van der Waals surface area contributed by atoms with Crippen LogP contribution in [0.3, 0.4) is 0 Å². The van der Waals surface area contributed by atoms with Crippen LogP contribution in [0.15, 0.2) is 24.3 Å². The number of likely N-dealkylation sites (tertiary alicyclic amines) is 1. The van der Waals surface area contributed by atoms with E-state index in [0.717, 1.165) is 0 Å². The molecule has 1 saturated heterocycles. The molecule has 0 aromatic heterocycles. The van der Waals surface area contributed by atoms with E-state index in [1.807, 2.05) is 0 Å². The van der Waals surface area contributed by atoms with Crippen molar-refractivity contribution < 1.29 is 37.3 Å². The summed E-state index contributed by atoms with van der Waals surface area (Å²) in [5, 5.41) is 9.52. The third kappa shape index (κ3) is 4.87. The first-order chi connectivity index (χ1) is 12.2. The van der Waals surface area contributed by atoms with Crippen LogP contribution in [0.5, 0.6) is 5.75 Å². The molecule has 0 saturated carbocycles. The molecule has 1 amide bonds. The minimum absolute atomic E-state index is 0.00298. The molecule has 2 rings (SSSR count). The van der Waals surface area contributed by atoms with Gasteiger partial charge in [-0.05, 0) is 37.1 Å². The standard InChI is InChI=1S/C17H20F3NO5/c1-25-10-16(15(23)24)7-2-8-21(9-16)14(22)12-3-5-13(6-4-12)26-11-17(18,19)20/h3-6H,2,7-11H2,1H3,(H,23,24). The van der Waals surface area contributed by atoms with Gasteiger partial charge in [0, 0.05) is 25.8 Å². The summed E-state index contributed by atoms with van der Waals surface area (Å²) in [4.78, 5) is 25.7. The highest BCUT2D eigenvalue weighted by molar-refractivity contribution is 5.95. The molecule has 0 bridgehead atoms. The first kappa shape index (κ1) is 20.0. The summed E-state index contributed by atoms with van der Waals surface area (Å²) in [6.45, 7) is -0.994. The Morgan fingerprint density at radius 1 is 1.27 bits per heavy atom. The number of hydrogen-bond acceptors (Lipinski definition) is 4. The van der Waals surface area contributed by atoms with Crippen LogP contribution < -0.4 is 4.74 Å². The number of nitrogens with zero attached hydrogens (tertiary/aromatic N) is 1. The lowest BCUT2D eigenvalue weighted by Gasteiger charge is -2.39. The summed E-state index contributed by atoms with van der Waals surface area (Å²) in [7, 11) is 1.41. The van der Waals surface area contributed by atoms with E-state index in [2.05, 4.69) is 4.74 Å². The van der Waals surface area contributed by atoms with Gasteiger partial charge < -0.3 is 19.5 Å². The number of ether oxygens (including phenoxy) is 2. The van der Waals surface area contributed by atoms with Crippen molar-refractivity contribution in [2.75, 3.05) is 33.4 Å². The Labute approximate surface area is 148 Å². The van der Waals surface area contributed by atoms with Gasteiger partial charge in [0.15, 0.2) is 6.61 Å². The van der Waals surface area contributed by atoms with E-state index < -0.39 is 24.2 Å². The number of carboxylic acids is 1. The molecule has 1 aromatic carbocycles. The number of rotatable bonds is 6. The van der Waals surface area contributed by atoms with Crippen LogP contribution in [0.25, 0.3) is 0 Å². The average molecular weight is 375 g/mol. The molecular weight excluding hydrogens is 355 g/mol. The van der Waals surface area contributed by atoms with E-state index in [-0.39, 0.29) is 30.4 Å². The molecule has 1 unspecified atom stereocenters. The average Bonchev–Trinajstić information content (AvgIpc) is 2.59. The van der Waals surface area contributed by atoms with E-state index >= 15 is 0 Å². The Kier molecular flexibility index (Phi) is 6.12. The third-order valence-corrected chi connectivity index (χ3v) is 4.24. The predicted molar refractivity (Wildman–Crippen MR) is 85.1 cm³/mol. The molecule has 0 spiro atoms. The minimum atomic E-state index is -4.44. The minimum Gasteiger partial charge on any atom is -0.484 e. The second-order valence-corrected chi connectivity index (χ2v) is 6.28. The van der Waals surface area contributed by atoms with Crippen molar-refractivity contribution in [3.05, 3.63) is 29.8 Å². The fourth-order valence-electron chi connectivity index (χ4n) is 2.98.